The summed E-state index contributed by atoms with van der Waals surface area (Å²) in [7, 11) is 0. The second-order valence-electron chi connectivity index (χ2n) is 5.89. The second-order valence-corrected chi connectivity index (χ2v) is 6.74. The molecule has 0 aromatic heterocycles. The quantitative estimate of drug-likeness (QED) is 0.784. The predicted octanol–water partition coefficient (Wildman–Crippen LogP) is 5.21. The molecule has 0 heterocycles. The van der Waals surface area contributed by atoms with E-state index >= 15 is 0 Å². The summed E-state index contributed by atoms with van der Waals surface area (Å²) in [5.41, 5.74) is 2.69. The van der Waals surface area contributed by atoms with Gasteiger partial charge in [-0.1, -0.05) is 54.2 Å². The first kappa shape index (κ1) is 15.1. The zero-order chi connectivity index (χ0) is 13.7. The molecule has 1 aromatic rings. The van der Waals surface area contributed by atoms with Gasteiger partial charge in [-0.15, -0.1) is 0 Å². The fourth-order valence-electron chi connectivity index (χ4n) is 3.22. The maximum atomic E-state index is 3.79. The molecule has 0 bridgehead atoms. The van der Waals surface area contributed by atoms with Crippen molar-refractivity contribution in [1.29, 1.82) is 0 Å². The lowest BCUT2D eigenvalue weighted by Gasteiger charge is -2.30. The molecule has 0 saturated heterocycles. The van der Waals surface area contributed by atoms with Crippen molar-refractivity contribution in [1.82, 2.24) is 5.32 Å². The van der Waals surface area contributed by atoms with Gasteiger partial charge in [-0.3, -0.25) is 0 Å². The predicted molar refractivity (Wildman–Crippen MR) is 86.4 cm³/mol. The van der Waals surface area contributed by atoms with E-state index in [1.807, 2.05) is 0 Å². The summed E-state index contributed by atoms with van der Waals surface area (Å²) in [6.07, 6.45) is 8.37. The van der Waals surface area contributed by atoms with Gasteiger partial charge in [-0.05, 0) is 49.3 Å². The molecule has 1 N–H and O–H groups in total. The molecule has 2 rings (SSSR count). The van der Waals surface area contributed by atoms with Crippen LogP contribution >= 0.6 is 15.9 Å². The SMILES string of the molecule is CCC(NCc1ccc(C)cc1Br)C1CCCCC1. The molecule has 1 atom stereocenters. The van der Waals surface area contributed by atoms with Crippen LogP contribution in [0, 0.1) is 12.8 Å². The number of halogens is 1. The highest BCUT2D eigenvalue weighted by molar-refractivity contribution is 9.10. The van der Waals surface area contributed by atoms with Gasteiger partial charge in [-0.25, -0.2) is 0 Å². The Morgan fingerprint density at radius 3 is 2.63 bits per heavy atom. The normalized spacial score (nSPS) is 18.5. The molecule has 0 amide bonds. The molecular weight excluding hydrogens is 298 g/mol. The van der Waals surface area contributed by atoms with Crippen LogP contribution in [0.1, 0.15) is 56.6 Å². The minimum Gasteiger partial charge on any atom is -0.310 e. The highest BCUT2D eigenvalue weighted by atomic mass is 79.9. The lowest BCUT2D eigenvalue weighted by atomic mass is 9.83. The molecule has 1 aliphatic carbocycles. The molecule has 1 unspecified atom stereocenters. The van der Waals surface area contributed by atoms with E-state index in [1.165, 1.54) is 54.1 Å². The summed E-state index contributed by atoms with van der Waals surface area (Å²) < 4.78 is 1.23. The van der Waals surface area contributed by atoms with Crippen molar-refractivity contribution in [2.75, 3.05) is 0 Å². The van der Waals surface area contributed by atoms with Crippen LogP contribution in [0.15, 0.2) is 22.7 Å². The molecule has 1 fully saturated rings. The minimum atomic E-state index is 0.688. The van der Waals surface area contributed by atoms with Gasteiger partial charge in [0.25, 0.3) is 0 Å². The average Bonchev–Trinajstić information content (AvgIpc) is 2.43. The highest BCUT2D eigenvalue weighted by Crippen LogP contribution is 2.28. The first-order valence-electron chi connectivity index (χ1n) is 7.69. The maximum absolute atomic E-state index is 3.79. The van der Waals surface area contributed by atoms with Gasteiger partial charge in [0, 0.05) is 17.1 Å². The van der Waals surface area contributed by atoms with Gasteiger partial charge >= 0.3 is 0 Å². The smallest absolute Gasteiger partial charge is 0.0222 e. The van der Waals surface area contributed by atoms with Crippen LogP contribution in [-0.4, -0.2) is 6.04 Å². The first-order valence-corrected chi connectivity index (χ1v) is 8.48. The van der Waals surface area contributed by atoms with E-state index < -0.39 is 0 Å². The van der Waals surface area contributed by atoms with E-state index in [2.05, 4.69) is 53.3 Å². The number of hydrogen-bond donors (Lipinski definition) is 1. The lowest BCUT2D eigenvalue weighted by Crippen LogP contribution is -2.36. The van der Waals surface area contributed by atoms with Crippen molar-refractivity contribution in [3.05, 3.63) is 33.8 Å². The fourth-order valence-corrected chi connectivity index (χ4v) is 3.85. The van der Waals surface area contributed by atoms with Gasteiger partial charge in [0.05, 0.1) is 0 Å². The van der Waals surface area contributed by atoms with Crippen molar-refractivity contribution in [3.63, 3.8) is 0 Å². The molecular formula is C17H26BrN. The average molecular weight is 324 g/mol. The Morgan fingerprint density at radius 1 is 1.26 bits per heavy atom. The van der Waals surface area contributed by atoms with Gasteiger partial charge in [-0.2, -0.15) is 0 Å². The number of benzene rings is 1. The second kappa shape index (κ2) is 7.44. The zero-order valence-electron chi connectivity index (χ0n) is 12.2. The number of nitrogens with one attached hydrogen (secondary N) is 1. The Bertz CT molecular complexity index is 396. The Kier molecular flexibility index (Phi) is 5.90. The fraction of sp³-hybridized carbons (Fsp3) is 0.647. The summed E-state index contributed by atoms with van der Waals surface area (Å²) in [6, 6.07) is 7.33. The maximum Gasteiger partial charge on any atom is 0.0222 e. The molecule has 0 spiro atoms. The van der Waals surface area contributed by atoms with Gasteiger partial charge in [0.1, 0.15) is 0 Å². The molecule has 1 aromatic carbocycles. The zero-order valence-corrected chi connectivity index (χ0v) is 13.8. The first-order chi connectivity index (χ1) is 9.20. The lowest BCUT2D eigenvalue weighted by molar-refractivity contribution is 0.261. The van der Waals surface area contributed by atoms with Crippen LogP contribution < -0.4 is 5.32 Å². The monoisotopic (exact) mass is 323 g/mol. The van der Waals surface area contributed by atoms with Gasteiger partial charge in [0.15, 0.2) is 0 Å². The molecule has 0 radical (unpaired) electrons. The number of rotatable bonds is 5. The Labute approximate surface area is 126 Å². The van der Waals surface area contributed by atoms with Crippen molar-refractivity contribution in [3.8, 4) is 0 Å². The molecule has 2 heteroatoms. The third kappa shape index (κ3) is 4.32. The molecule has 19 heavy (non-hydrogen) atoms. The van der Waals surface area contributed by atoms with E-state index in [-0.39, 0.29) is 0 Å². The van der Waals surface area contributed by atoms with Gasteiger partial charge < -0.3 is 5.32 Å². The van der Waals surface area contributed by atoms with E-state index in [0.717, 1.165) is 12.5 Å². The van der Waals surface area contributed by atoms with E-state index in [4.69, 9.17) is 0 Å². The Balaban J connectivity index is 1.91. The van der Waals surface area contributed by atoms with E-state index in [1.54, 1.807) is 0 Å². The van der Waals surface area contributed by atoms with Crippen LogP contribution in [0.3, 0.4) is 0 Å². The Hall–Kier alpha value is -0.340. The van der Waals surface area contributed by atoms with Crippen LogP contribution in [-0.2, 0) is 6.54 Å². The van der Waals surface area contributed by atoms with Gasteiger partial charge in [0.2, 0.25) is 0 Å². The third-order valence-corrected chi connectivity index (χ3v) is 5.16. The summed E-state index contributed by atoms with van der Waals surface area (Å²) in [6.45, 7) is 5.44. The summed E-state index contributed by atoms with van der Waals surface area (Å²) >= 11 is 3.68. The Morgan fingerprint density at radius 2 is 2.00 bits per heavy atom. The topological polar surface area (TPSA) is 12.0 Å². The van der Waals surface area contributed by atoms with Crippen LogP contribution in [0.25, 0.3) is 0 Å². The third-order valence-electron chi connectivity index (χ3n) is 4.42. The highest BCUT2D eigenvalue weighted by Gasteiger charge is 2.21. The van der Waals surface area contributed by atoms with Crippen LogP contribution in [0.5, 0.6) is 0 Å². The van der Waals surface area contributed by atoms with E-state index in [0.29, 0.717) is 6.04 Å². The standard InChI is InChI=1S/C17H26BrN/c1-3-17(14-7-5-4-6-8-14)19-12-15-10-9-13(2)11-16(15)18/h9-11,14,17,19H,3-8,12H2,1-2H3. The number of aryl methyl sites for hydroxylation is 1. The van der Waals surface area contributed by atoms with Crippen molar-refractivity contribution < 1.29 is 0 Å². The molecule has 1 nitrogen and oxygen atoms in total. The largest absolute Gasteiger partial charge is 0.310 e. The summed E-state index contributed by atoms with van der Waals surface area (Å²) in [5.74, 6) is 0.892. The van der Waals surface area contributed by atoms with Crippen molar-refractivity contribution in [2.45, 2.75) is 65.0 Å². The number of hydrogen-bond acceptors (Lipinski definition) is 1. The van der Waals surface area contributed by atoms with Crippen molar-refractivity contribution in [2.24, 2.45) is 5.92 Å². The van der Waals surface area contributed by atoms with Crippen LogP contribution in [0.2, 0.25) is 0 Å². The van der Waals surface area contributed by atoms with Crippen molar-refractivity contribution >= 4 is 15.9 Å². The molecule has 0 aliphatic heterocycles. The minimum absolute atomic E-state index is 0.688. The van der Waals surface area contributed by atoms with E-state index in [9.17, 15) is 0 Å². The molecule has 106 valence electrons. The summed E-state index contributed by atoms with van der Waals surface area (Å²) in [4.78, 5) is 0. The molecule has 1 saturated carbocycles. The summed E-state index contributed by atoms with van der Waals surface area (Å²) in [5, 5.41) is 3.79. The van der Waals surface area contributed by atoms with Crippen LogP contribution in [0.4, 0.5) is 0 Å². The molecule has 1 aliphatic rings.